The van der Waals surface area contributed by atoms with Crippen LogP contribution in [0.3, 0.4) is 0 Å². The first kappa shape index (κ1) is 17.5. The van der Waals surface area contributed by atoms with Crippen molar-refractivity contribution in [1.82, 2.24) is 10.2 Å². The van der Waals surface area contributed by atoms with E-state index in [-0.39, 0.29) is 11.5 Å². The number of nitrogens with zero attached hydrogens (tertiary/aromatic N) is 1. The van der Waals surface area contributed by atoms with Crippen molar-refractivity contribution in [3.63, 3.8) is 0 Å². The number of nitrogens with one attached hydrogen (secondary N) is 1. The molecule has 0 radical (unpaired) electrons. The van der Waals surface area contributed by atoms with Crippen LogP contribution in [0, 0.1) is 5.41 Å². The lowest BCUT2D eigenvalue weighted by Crippen LogP contribution is -2.50. The first-order valence-corrected chi connectivity index (χ1v) is 8.58. The quantitative estimate of drug-likeness (QED) is 0.867. The van der Waals surface area contributed by atoms with E-state index in [9.17, 15) is 4.79 Å². The summed E-state index contributed by atoms with van der Waals surface area (Å²) in [6, 6.07) is 0. The number of hydrogen-bond donors (Lipinski definition) is 1. The molecule has 2 unspecified atom stereocenters. The third-order valence-electron chi connectivity index (χ3n) is 4.38. The number of carbonyl (C=O) groups excluding carboxylic acids is 1. The van der Waals surface area contributed by atoms with E-state index in [1.54, 1.807) is 0 Å². The summed E-state index contributed by atoms with van der Waals surface area (Å²) in [5, 5.41) is 3.54. The molecule has 2 aliphatic rings. The van der Waals surface area contributed by atoms with Crippen LogP contribution in [0.5, 0.6) is 0 Å². The summed E-state index contributed by atoms with van der Waals surface area (Å²) in [4.78, 5) is 14.1. The number of carbonyl (C=O) groups is 1. The van der Waals surface area contributed by atoms with E-state index in [4.69, 9.17) is 9.47 Å². The number of ether oxygens (including phenoxy) is 2. The fraction of sp³-hybridized carbons (Fsp3) is 0.941. The van der Waals surface area contributed by atoms with E-state index in [0.717, 1.165) is 52.0 Å². The van der Waals surface area contributed by atoms with Gasteiger partial charge < -0.3 is 19.7 Å². The summed E-state index contributed by atoms with van der Waals surface area (Å²) >= 11 is 0. The number of rotatable bonds is 4. The SMILES string of the molecule is CC1(CNCC2CCCO2)CCCN(C(=O)OC(C)(C)C)C1. The molecule has 0 spiro atoms. The summed E-state index contributed by atoms with van der Waals surface area (Å²) in [6.07, 6.45) is 4.71. The Morgan fingerprint density at radius 2 is 2.18 bits per heavy atom. The molecule has 2 rings (SSSR count). The van der Waals surface area contributed by atoms with E-state index in [2.05, 4.69) is 12.2 Å². The Balaban J connectivity index is 1.78. The molecule has 128 valence electrons. The van der Waals surface area contributed by atoms with Crippen molar-refractivity contribution in [3.8, 4) is 0 Å². The second-order valence-electron chi connectivity index (χ2n) is 8.08. The van der Waals surface area contributed by atoms with Crippen LogP contribution in [0.1, 0.15) is 53.4 Å². The predicted octanol–water partition coefficient (Wildman–Crippen LogP) is 2.79. The monoisotopic (exact) mass is 312 g/mol. The molecule has 2 heterocycles. The Morgan fingerprint density at radius 3 is 2.82 bits per heavy atom. The zero-order valence-electron chi connectivity index (χ0n) is 14.6. The van der Waals surface area contributed by atoms with Gasteiger partial charge in [-0.25, -0.2) is 4.79 Å². The number of hydrogen-bond acceptors (Lipinski definition) is 4. The summed E-state index contributed by atoms with van der Waals surface area (Å²) in [7, 11) is 0. The van der Waals surface area contributed by atoms with Crippen LogP contribution in [0.25, 0.3) is 0 Å². The van der Waals surface area contributed by atoms with Gasteiger partial charge in [0, 0.05) is 32.8 Å². The average Bonchev–Trinajstić information content (AvgIpc) is 2.90. The van der Waals surface area contributed by atoms with Gasteiger partial charge >= 0.3 is 6.09 Å². The highest BCUT2D eigenvalue weighted by molar-refractivity contribution is 5.68. The van der Waals surface area contributed by atoms with Gasteiger partial charge in [-0.1, -0.05) is 6.92 Å². The number of amides is 1. The Bertz CT molecular complexity index is 375. The zero-order chi connectivity index (χ0) is 16.2. The molecule has 5 heteroatoms. The van der Waals surface area contributed by atoms with Gasteiger partial charge in [-0.3, -0.25) is 0 Å². The Labute approximate surface area is 134 Å². The fourth-order valence-electron chi connectivity index (χ4n) is 3.28. The molecule has 2 aliphatic heterocycles. The van der Waals surface area contributed by atoms with Crippen molar-refractivity contribution in [1.29, 1.82) is 0 Å². The molecule has 0 aromatic heterocycles. The minimum Gasteiger partial charge on any atom is -0.444 e. The Hall–Kier alpha value is -0.810. The van der Waals surface area contributed by atoms with Gasteiger partial charge in [0.25, 0.3) is 0 Å². The van der Waals surface area contributed by atoms with Crippen LogP contribution in [0.15, 0.2) is 0 Å². The maximum absolute atomic E-state index is 12.2. The van der Waals surface area contributed by atoms with Crippen LogP contribution >= 0.6 is 0 Å². The van der Waals surface area contributed by atoms with Gasteiger partial charge in [-0.05, 0) is 51.9 Å². The van der Waals surface area contributed by atoms with Crippen molar-refractivity contribution < 1.29 is 14.3 Å². The van der Waals surface area contributed by atoms with Crippen LogP contribution in [-0.4, -0.2) is 55.5 Å². The third-order valence-corrected chi connectivity index (χ3v) is 4.38. The molecule has 5 nitrogen and oxygen atoms in total. The molecular formula is C17H32N2O3. The van der Waals surface area contributed by atoms with Crippen molar-refractivity contribution in [2.75, 3.05) is 32.8 Å². The smallest absolute Gasteiger partial charge is 0.410 e. The number of likely N-dealkylation sites (tertiary alicyclic amines) is 1. The van der Waals surface area contributed by atoms with Crippen molar-refractivity contribution >= 4 is 6.09 Å². The molecule has 2 atom stereocenters. The minimum absolute atomic E-state index is 0.119. The highest BCUT2D eigenvalue weighted by atomic mass is 16.6. The molecule has 1 N–H and O–H groups in total. The Kier molecular flexibility index (Phi) is 5.72. The van der Waals surface area contributed by atoms with E-state index < -0.39 is 5.60 Å². The number of piperidine rings is 1. The molecule has 22 heavy (non-hydrogen) atoms. The highest BCUT2D eigenvalue weighted by Gasteiger charge is 2.34. The molecule has 0 aromatic rings. The summed E-state index contributed by atoms with van der Waals surface area (Å²) < 4.78 is 11.1. The van der Waals surface area contributed by atoms with Gasteiger partial charge in [0.1, 0.15) is 5.60 Å². The second-order valence-corrected chi connectivity index (χ2v) is 8.08. The molecule has 0 saturated carbocycles. The first-order chi connectivity index (χ1) is 10.3. The van der Waals surface area contributed by atoms with Gasteiger partial charge in [0.2, 0.25) is 0 Å². The van der Waals surface area contributed by atoms with Gasteiger partial charge in [0.15, 0.2) is 0 Å². The maximum Gasteiger partial charge on any atom is 0.410 e. The van der Waals surface area contributed by atoms with Gasteiger partial charge in [-0.15, -0.1) is 0 Å². The molecule has 2 saturated heterocycles. The minimum atomic E-state index is -0.428. The van der Waals surface area contributed by atoms with E-state index in [1.165, 1.54) is 6.42 Å². The second kappa shape index (κ2) is 7.18. The summed E-state index contributed by atoms with van der Waals surface area (Å²) in [5.41, 5.74) is -0.309. The lowest BCUT2D eigenvalue weighted by molar-refractivity contribution is 0.00624. The van der Waals surface area contributed by atoms with Crippen molar-refractivity contribution in [3.05, 3.63) is 0 Å². The zero-order valence-corrected chi connectivity index (χ0v) is 14.6. The molecule has 0 aliphatic carbocycles. The van der Waals surface area contributed by atoms with Crippen LogP contribution in [0.4, 0.5) is 4.79 Å². The van der Waals surface area contributed by atoms with E-state index >= 15 is 0 Å². The lowest BCUT2D eigenvalue weighted by atomic mass is 9.82. The summed E-state index contributed by atoms with van der Waals surface area (Å²) in [6.45, 7) is 12.3. The molecule has 2 fully saturated rings. The molecule has 0 aromatic carbocycles. The van der Waals surface area contributed by atoms with Crippen LogP contribution in [0.2, 0.25) is 0 Å². The summed E-state index contributed by atoms with van der Waals surface area (Å²) in [5.74, 6) is 0. The van der Waals surface area contributed by atoms with Crippen LogP contribution < -0.4 is 5.32 Å². The first-order valence-electron chi connectivity index (χ1n) is 8.58. The van der Waals surface area contributed by atoms with Crippen molar-refractivity contribution in [2.45, 2.75) is 65.1 Å². The normalized spacial score (nSPS) is 29.6. The van der Waals surface area contributed by atoms with Gasteiger partial charge in [0.05, 0.1) is 6.10 Å². The van der Waals surface area contributed by atoms with E-state index in [0.29, 0.717) is 6.10 Å². The maximum atomic E-state index is 12.2. The largest absolute Gasteiger partial charge is 0.444 e. The van der Waals surface area contributed by atoms with Gasteiger partial charge in [-0.2, -0.15) is 0 Å². The fourth-order valence-corrected chi connectivity index (χ4v) is 3.28. The van der Waals surface area contributed by atoms with E-state index in [1.807, 2.05) is 25.7 Å². The third kappa shape index (κ3) is 5.43. The highest BCUT2D eigenvalue weighted by Crippen LogP contribution is 2.29. The molecule has 1 amide bonds. The van der Waals surface area contributed by atoms with Crippen molar-refractivity contribution in [2.24, 2.45) is 5.41 Å². The molecular weight excluding hydrogens is 280 g/mol. The van der Waals surface area contributed by atoms with Crippen LogP contribution in [-0.2, 0) is 9.47 Å². The topological polar surface area (TPSA) is 50.8 Å². The Morgan fingerprint density at radius 1 is 1.41 bits per heavy atom. The standard InChI is InChI=1S/C17H32N2O3/c1-16(2,3)22-15(20)19-9-6-8-17(4,13-19)12-18-11-14-7-5-10-21-14/h14,18H,5-13H2,1-4H3. The lowest BCUT2D eigenvalue weighted by Gasteiger charge is -2.41. The average molecular weight is 312 g/mol. The molecule has 0 bridgehead atoms. The predicted molar refractivity (Wildman–Crippen MR) is 87.0 cm³/mol.